The molecule has 2 amide bonds. The highest BCUT2D eigenvalue weighted by Gasteiger charge is 2.41. The number of hydrogen-bond acceptors (Lipinski definition) is 9. The molecule has 2 heterocycles. The van der Waals surface area contributed by atoms with E-state index >= 15 is 0 Å². The number of ether oxygens (including phenoxy) is 5. The van der Waals surface area contributed by atoms with Crippen LogP contribution in [0, 0.1) is 5.41 Å². The highest BCUT2D eigenvalue weighted by molar-refractivity contribution is 5.86. The molecular formula is C28H43N3O8. The maximum absolute atomic E-state index is 12.7. The van der Waals surface area contributed by atoms with Gasteiger partial charge in [-0.2, -0.15) is 0 Å². The van der Waals surface area contributed by atoms with Crippen molar-refractivity contribution in [2.24, 2.45) is 5.41 Å². The molecule has 1 unspecified atom stereocenters. The molecule has 1 atom stereocenters. The quantitative estimate of drug-likeness (QED) is 0.282. The molecule has 218 valence electrons. The molecule has 0 radical (unpaired) electrons. The Hall–Kier alpha value is -2.57. The summed E-state index contributed by atoms with van der Waals surface area (Å²) in [6, 6.07) is 8.38. The largest absolute Gasteiger partial charge is 0.445 e. The van der Waals surface area contributed by atoms with E-state index in [0.29, 0.717) is 45.8 Å². The van der Waals surface area contributed by atoms with Crippen LogP contribution in [0.25, 0.3) is 0 Å². The highest BCUT2D eigenvalue weighted by atomic mass is 16.7. The van der Waals surface area contributed by atoms with Crippen molar-refractivity contribution in [2.75, 3.05) is 46.6 Å². The van der Waals surface area contributed by atoms with E-state index in [1.807, 2.05) is 37.4 Å². The number of alkyl carbamates (subject to hydrolysis) is 1. The second-order valence-electron chi connectivity index (χ2n) is 10.3. The maximum Gasteiger partial charge on any atom is 0.408 e. The van der Waals surface area contributed by atoms with Crippen LogP contribution < -0.4 is 16.0 Å². The first-order chi connectivity index (χ1) is 18.9. The molecule has 0 bridgehead atoms. The van der Waals surface area contributed by atoms with Gasteiger partial charge in [-0.3, -0.25) is 4.79 Å². The first kappa shape index (κ1) is 31.0. The summed E-state index contributed by atoms with van der Waals surface area (Å²) in [6.07, 6.45) is 2.20. The smallest absolute Gasteiger partial charge is 0.408 e. The van der Waals surface area contributed by atoms with Crippen LogP contribution in [0.5, 0.6) is 0 Å². The standard InChI is InChI=1S/C28H43N3O8/c1-21(32)12-13-23(31-27(34)35-16-22-8-4-3-5-9-22)26(33)30-15-7-11-25-38-19-28(20-39-25)17-36-24(37-18-28)10-6-14-29-2/h3-5,8-9,23-25,29H,6-7,10-20H2,1-2H3,(H,30,33)(H,31,34). The summed E-state index contributed by atoms with van der Waals surface area (Å²) in [4.78, 5) is 36.5. The van der Waals surface area contributed by atoms with Crippen LogP contribution in [0.1, 0.15) is 51.0 Å². The van der Waals surface area contributed by atoms with E-state index in [4.69, 9.17) is 23.7 Å². The lowest BCUT2D eigenvalue weighted by molar-refractivity contribution is -0.304. The fourth-order valence-electron chi connectivity index (χ4n) is 4.33. The molecule has 2 saturated heterocycles. The number of nitrogens with one attached hydrogen (secondary N) is 3. The first-order valence-corrected chi connectivity index (χ1v) is 13.7. The van der Waals surface area contributed by atoms with Crippen LogP contribution in [0.15, 0.2) is 30.3 Å². The SMILES string of the molecule is CNCCCC1OCC2(CO1)COC(CCCNC(=O)C(CCC(C)=O)NC(=O)OCc1ccccc1)OC2. The van der Waals surface area contributed by atoms with Crippen LogP contribution in [0.2, 0.25) is 0 Å². The van der Waals surface area contributed by atoms with Crippen molar-refractivity contribution in [1.29, 1.82) is 0 Å². The molecule has 0 aromatic heterocycles. The van der Waals surface area contributed by atoms with Crippen molar-refractivity contribution in [3.8, 4) is 0 Å². The van der Waals surface area contributed by atoms with E-state index in [1.54, 1.807) is 0 Å². The van der Waals surface area contributed by atoms with Gasteiger partial charge in [-0.05, 0) is 51.8 Å². The zero-order valence-electron chi connectivity index (χ0n) is 23.1. The molecule has 2 aliphatic heterocycles. The van der Waals surface area contributed by atoms with Crippen LogP contribution in [-0.2, 0) is 39.9 Å². The van der Waals surface area contributed by atoms with Gasteiger partial charge in [0.15, 0.2) is 12.6 Å². The minimum atomic E-state index is -0.868. The molecule has 1 spiro atoms. The number of ketones is 1. The number of amides is 2. The topological polar surface area (TPSA) is 133 Å². The average molecular weight is 550 g/mol. The predicted molar refractivity (Wildman–Crippen MR) is 143 cm³/mol. The number of carbonyl (C=O) groups excluding carboxylic acids is 3. The van der Waals surface area contributed by atoms with Crippen LogP contribution >= 0.6 is 0 Å². The second kappa shape index (κ2) is 16.5. The van der Waals surface area contributed by atoms with Gasteiger partial charge in [-0.25, -0.2) is 4.79 Å². The Morgan fingerprint density at radius 2 is 1.54 bits per heavy atom. The van der Waals surface area contributed by atoms with Crippen LogP contribution in [0.3, 0.4) is 0 Å². The minimum absolute atomic E-state index is 0.0605. The molecule has 1 aromatic carbocycles. The van der Waals surface area contributed by atoms with Gasteiger partial charge < -0.3 is 44.4 Å². The second-order valence-corrected chi connectivity index (χ2v) is 10.3. The number of carbonyl (C=O) groups is 3. The van der Waals surface area contributed by atoms with Gasteiger partial charge >= 0.3 is 6.09 Å². The third-order valence-electron chi connectivity index (χ3n) is 6.69. The molecular weight excluding hydrogens is 506 g/mol. The average Bonchev–Trinajstić information content (AvgIpc) is 2.95. The van der Waals surface area contributed by atoms with Crippen molar-refractivity contribution >= 4 is 17.8 Å². The molecule has 0 aliphatic carbocycles. The normalized spacial score (nSPS) is 23.6. The number of rotatable bonds is 15. The molecule has 3 rings (SSSR count). The Balaban J connectivity index is 1.33. The molecule has 11 heteroatoms. The minimum Gasteiger partial charge on any atom is -0.445 e. The lowest BCUT2D eigenvalue weighted by Crippen LogP contribution is -2.52. The number of benzene rings is 1. The van der Waals surface area contributed by atoms with Crippen molar-refractivity contribution in [1.82, 2.24) is 16.0 Å². The van der Waals surface area contributed by atoms with E-state index < -0.39 is 12.1 Å². The zero-order chi connectivity index (χ0) is 27.9. The Bertz CT molecular complexity index is 882. The molecule has 1 aromatic rings. The summed E-state index contributed by atoms with van der Waals surface area (Å²) in [5.41, 5.74) is 0.554. The Kier molecular flexibility index (Phi) is 13.1. The summed E-state index contributed by atoms with van der Waals surface area (Å²) in [7, 11) is 1.93. The fraction of sp³-hybridized carbons (Fsp3) is 0.679. The van der Waals surface area contributed by atoms with Gasteiger partial charge in [-0.15, -0.1) is 0 Å². The molecule has 2 fully saturated rings. The third-order valence-corrected chi connectivity index (χ3v) is 6.69. The van der Waals surface area contributed by atoms with Gasteiger partial charge in [0, 0.05) is 19.4 Å². The monoisotopic (exact) mass is 549 g/mol. The van der Waals surface area contributed by atoms with Gasteiger partial charge in [0.25, 0.3) is 0 Å². The lowest BCUT2D eigenvalue weighted by atomic mass is 9.90. The zero-order valence-corrected chi connectivity index (χ0v) is 23.1. The van der Waals surface area contributed by atoms with Crippen molar-refractivity contribution < 1.29 is 38.1 Å². The van der Waals surface area contributed by atoms with Crippen molar-refractivity contribution in [3.63, 3.8) is 0 Å². The van der Waals surface area contributed by atoms with E-state index in [2.05, 4.69) is 16.0 Å². The van der Waals surface area contributed by atoms with E-state index in [0.717, 1.165) is 24.9 Å². The molecule has 0 saturated carbocycles. The Labute approximate surface area is 230 Å². The van der Waals surface area contributed by atoms with E-state index in [9.17, 15) is 14.4 Å². The highest BCUT2D eigenvalue weighted by Crippen LogP contribution is 2.31. The van der Waals surface area contributed by atoms with Crippen molar-refractivity contribution in [2.45, 2.75) is 70.7 Å². The third kappa shape index (κ3) is 11.2. The Morgan fingerprint density at radius 3 is 2.10 bits per heavy atom. The van der Waals surface area contributed by atoms with Crippen LogP contribution in [0.4, 0.5) is 4.79 Å². The van der Waals surface area contributed by atoms with Crippen LogP contribution in [-0.4, -0.2) is 83.0 Å². The molecule has 2 aliphatic rings. The summed E-state index contributed by atoms with van der Waals surface area (Å²) >= 11 is 0. The molecule has 3 N–H and O–H groups in total. The Morgan fingerprint density at radius 1 is 0.949 bits per heavy atom. The predicted octanol–water partition coefficient (Wildman–Crippen LogP) is 2.28. The maximum atomic E-state index is 12.7. The summed E-state index contributed by atoms with van der Waals surface area (Å²) in [5, 5.41) is 8.53. The van der Waals surface area contributed by atoms with Gasteiger partial charge in [0.2, 0.25) is 5.91 Å². The molecule has 11 nitrogen and oxygen atoms in total. The van der Waals surface area contributed by atoms with Crippen molar-refractivity contribution in [3.05, 3.63) is 35.9 Å². The van der Waals surface area contributed by atoms with Gasteiger partial charge in [0.05, 0.1) is 31.8 Å². The number of hydrogen-bond donors (Lipinski definition) is 3. The lowest BCUT2D eigenvalue weighted by Gasteiger charge is -2.43. The summed E-state index contributed by atoms with van der Waals surface area (Å²) in [6.45, 7) is 4.93. The first-order valence-electron chi connectivity index (χ1n) is 13.7. The van der Waals surface area contributed by atoms with E-state index in [-0.39, 0.29) is 49.1 Å². The fourth-order valence-corrected chi connectivity index (χ4v) is 4.33. The summed E-state index contributed by atoms with van der Waals surface area (Å²) in [5.74, 6) is -0.423. The summed E-state index contributed by atoms with van der Waals surface area (Å²) < 4.78 is 28.8. The van der Waals surface area contributed by atoms with Gasteiger partial charge in [0.1, 0.15) is 18.4 Å². The van der Waals surface area contributed by atoms with E-state index in [1.165, 1.54) is 6.92 Å². The number of Topliss-reactive ketones (excluding diaryl/α,β-unsaturated/α-hetero) is 1. The molecule has 39 heavy (non-hydrogen) atoms. The van der Waals surface area contributed by atoms with Gasteiger partial charge in [-0.1, -0.05) is 30.3 Å².